The fourth-order valence-corrected chi connectivity index (χ4v) is 1.66. The second kappa shape index (κ2) is 9.60. The smallest absolute Gasteiger partial charge is 0.320 e. The van der Waals surface area contributed by atoms with Crippen LogP contribution in [0.3, 0.4) is 0 Å². The highest BCUT2D eigenvalue weighted by Crippen LogP contribution is 2.08. The number of rotatable bonds is 10. The first-order chi connectivity index (χ1) is 7.65. The van der Waals surface area contributed by atoms with Gasteiger partial charge in [0.25, 0.3) is 0 Å². The van der Waals surface area contributed by atoms with Gasteiger partial charge in [0, 0.05) is 6.61 Å². The van der Waals surface area contributed by atoms with Crippen LogP contribution in [0.2, 0.25) is 0 Å². The molecule has 0 saturated carbocycles. The summed E-state index contributed by atoms with van der Waals surface area (Å²) in [5.74, 6) is -0.402. The molecule has 4 nitrogen and oxygen atoms in total. The lowest BCUT2D eigenvalue weighted by Gasteiger charge is -2.19. The molecule has 2 unspecified atom stereocenters. The first kappa shape index (κ1) is 15.4. The summed E-state index contributed by atoms with van der Waals surface area (Å²) in [6, 6.07) is -0.437. The third-order valence-corrected chi connectivity index (χ3v) is 2.91. The van der Waals surface area contributed by atoms with Gasteiger partial charge in [-0.2, -0.15) is 0 Å². The fraction of sp³-hybridized carbons (Fsp3) is 0.917. The quantitative estimate of drug-likeness (QED) is 0.534. The van der Waals surface area contributed by atoms with Crippen molar-refractivity contribution in [3.05, 3.63) is 0 Å². The molecule has 0 aromatic carbocycles. The van der Waals surface area contributed by atoms with Gasteiger partial charge in [-0.1, -0.05) is 33.1 Å². The Balaban J connectivity index is 3.93. The number of nitrogens with one attached hydrogen (secondary N) is 1. The van der Waals surface area contributed by atoms with Gasteiger partial charge < -0.3 is 15.5 Å². The lowest BCUT2D eigenvalue weighted by Crippen LogP contribution is -2.39. The monoisotopic (exact) mass is 231 g/mol. The van der Waals surface area contributed by atoms with Crippen LogP contribution in [0.15, 0.2) is 0 Å². The fourth-order valence-electron chi connectivity index (χ4n) is 1.66. The molecule has 0 heterocycles. The van der Waals surface area contributed by atoms with Crippen LogP contribution in [-0.2, 0) is 4.79 Å². The van der Waals surface area contributed by atoms with Crippen LogP contribution in [0.25, 0.3) is 0 Å². The summed E-state index contributed by atoms with van der Waals surface area (Å²) >= 11 is 0. The molecule has 0 saturated heterocycles. The van der Waals surface area contributed by atoms with Crippen LogP contribution < -0.4 is 5.32 Å². The standard InChI is InChI=1S/C12H25NO3/c1-3-5-6-11(12(15)16)13-9-10(4-2)7-8-14/h10-11,13-14H,3-9H2,1-2H3,(H,15,16). The molecular formula is C12H25NO3. The van der Waals surface area contributed by atoms with Crippen LogP contribution in [0.1, 0.15) is 46.0 Å². The van der Waals surface area contributed by atoms with Crippen molar-refractivity contribution in [2.45, 2.75) is 52.0 Å². The van der Waals surface area contributed by atoms with Crippen molar-refractivity contribution in [1.82, 2.24) is 5.32 Å². The minimum atomic E-state index is -0.771. The molecule has 3 N–H and O–H groups in total. The van der Waals surface area contributed by atoms with Gasteiger partial charge in [0.2, 0.25) is 0 Å². The van der Waals surface area contributed by atoms with Crippen molar-refractivity contribution >= 4 is 5.97 Å². The van der Waals surface area contributed by atoms with Gasteiger partial charge in [-0.05, 0) is 25.3 Å². The molecule has 4 heteroatoms. The van der Waals surface area contributed by atoms with E-state index < -0.39 is 12.0 Å². The summed E-state index contributed by atoms with van der Waals surface area (Å²) in [5.41, 5.74) is 0. The minimum absolute atomic E-state index is 0.173. The zero-order chi connectivity index (χ0) is 12.4. The third-order valence-electron chi connectivity index (χ3n) is 2.91. The average Bonchev–Trinajstić information content (AvgIpc) is 2.27. The number of aliphatic carboxylic acids is 1. The maximum Gasteiger partial charge on any atom is 0.320 e. The Kier molecular flexibility index (Phi) is 9.24. The maximum absolute atomic E-state index is 11.0. The van der Waals surface area contributed by atoms with Gasteiger partial charge in [-0.3, -0.25) is 4.79 Å². The summed E-state index contributed by atoms with van der Waals surface area (Å²) in [4.78, 5) is 11.0. The highest BCUT2D eigenvalue weighted by Gasteiger charge is 2.17. The molecule has 0 rings (SSSR count). The number of aliphatic hydroxyl groups excluding tert-OH is 1. The highest BCUT2D eigenvalue weighted by molar-refractivity contribution is 5.73. The van der Waals surface area contributed by atoms with Crippen LogP contribution >= 0.6 is 0 Å². The summed E-state index contributed by atoms with van der Waals surface area (Å²) < 4.78 is 0. The topological polar surface area (TPSA) is 69.6 Å². The van der Waals surface area contributed by atoms with Crippen molar-refractivity contribution in [2.24, 2.45) is 5.92 Å². The van der Waals surface area contributed by atoms with E-state index in [1.165, 1.54) is 0 Å². The Morgan fingerprint density at radius 3 is 2.44 bits per heavy atom. The van der Waals surface area contributed by atoms with E-state index in [1.54, 1.807) is 0 Å². The predicted octanol–water partition coefficient (Wildman–Crippen LogP) is 1.63. The van der Waals surface area contributed by atoms with Gasteiger partial charge in [0.15, 0.2) is 0 Å². The normalized spacial score (nSPS) is 14.7. The van der Waals surface area contributed by atoms with E-state index in [9.17, 15) is 4.79 Å². The molecule has 0 fully saturated rings. The molecular weight excluding hydrogens is 206 g/mol. The number of unbranched alkanes of at least 4 members (excludes halogenated alkanes) is 1. The van der Waals surface area contributed by atoms with E-state index in [1.807, 2.05) is 0 Å². The predicted molar refractivity (Wildman–Crippen MR) is 64.4 cm³/mol. The van der Waals surface area contributed by atoms with E-state index in [0.717, 1.165) is 25.7 Å². The summed E-state index contributed by atoms with van der Waals surface area (Å²) in [7, 11) is 0. The first-order valence-corrected chi connectivity index (χ1v) is 6.22. The second-order valence-corrected chi connectivity index (χ2v) is 4.23. The molecule has 0 aromatic rings. The number of aliphatic hydroxyl groups is 1. The lowest BCUT2D eigenvalue weighted by molar-refractivity contribution is -0.139. The largest absolute Gasteiger partial charge is 0.480 e. The molecule has 2 atom stereocenters. The number of hydrogen-bond donors (Lipinski definition) is 3. The van der Waals surface area contributed by atoms with E-state index >= 15 is 0 Å². The van der Waals surface area contributed by atoms with Crippen molar-refractivity contribution in [3.8, 4) is 0 Å². The molecule has 0 aliphatic rings. The van der Waals surface area contributed by atoms with E-state index in [4.69, 9.17) is 10.2 Å². The zero-order valence-corrected chi connectivity index (χ0v) is 10.4. The number of carboxylic acid groups (broad SMARTS) is 1. The van der Waals surface area contributed by atoms with E-state index in [-0.39, 0.29) is 6.61 Å². The Morgan fingerprint density at radius 2 is 2.00 bits per heavy atom. The SMILES string of the molecule is CCCCC(NCC(CC)CCO)C(=O)O. The maximum atomic E-state index is 11.0. The summed E-state index contributed by atoms with van der Waals surface area (Å²) in [6.45, 7) is 4.97. The highest BCUT2D eigenvalue weighted by atomic mass is 16.4. The van der Waals surface area contributed by atoms with E-state index in [2.05, 4.69) is 19.2 Å². The van der Waals surface area contributed by atoms with Crippen LogP contribution in [0.5, 0.6) is 0 Å². The Morgan fingerprint density at radius 1 is 1.31 bits per heavy atom. The molecule has 0 spiro atoms. The van der Waals surface area contributed by atoms with Crippen molar-refractivity contribution < 1.29 is 15.0 Å². The Labute approximate surface area is 98.1 Å². The summed E-state index contributed by atoms with van der Waals surface area (Å²) in [5, 5.41) is 20.9. The van der Waals surface area contributed by atoms with Gasteiger partial charge in [0.1, 0.15) is 6.04 Å². The first-order valence-electron chi connectivity index (χ1n) is 6.22. The number of carboxylic acids is 1. The van der Waals surface area contributed by atoms with Gasteiger partial charge >= 0.3 is 5.97 Å². The van der Waals surface area contributed by atoms with Crippen molar-refractivity contribution in [2.75, 3.05) is 13.2 Å². The molecule has 0 aromatic heterocycles. The van der Waals surface area contributed by atoms with Gasteiger partial charge in [-0.15, -0.1) is 0 Å². The molecule has 0 amide bonds. The molecule has 0 aliphatic heterocycles. The van der Waals surface area contributed by atoms with Gasteiger partial charge in [0.05, 0.1) is 0 Å². The minimum Gasteiger partial charge on any atom is -0.480 e. The summed E-state index contributed by atoms with van der Waals surface area (Å²) in [6.07, 6.45) is 4.33. The number of hydrogen-bond acceptors (Lipinski definition) is 3. The van der Waals surface area contributed by atoms with E-state index in [0.29, 0.717) is 18.9 Å². The number of carbonyl (C=O) groups is 1. The van der Waals surface area contributed by atoms with Crippen LogP contribution in [0.4, 0.5) is 0 Å². The second-order valence-electron chi connectivity index (χ2n) is 4.23. The molecule has 96 valence electrons. The Bertz CT molecular complexity index is 185. The van der Waals surface area contributed by atoms with Crippen molar-refractivity contribution in [1.29, 1.82) is 0 Å². The molecule has 0 radical (unpaired) electrons. The molecule has 16 heavy (non-hydrogen) atoms. The van der Waals surface area contributed by atoms with Crippen molar-refractivity contribution in [3.63, 3.8) is 0 Å². The van der Waals surface area contributed by atoms with Crippen LogP contribution in [-0.4, -0.2) is 35.4 Å². The zero-order valence-electron chi connectivity index (χ0n) is 10.4. The average molecular weight is 231 g/mol. The van der Waals surface area contributed by atoms with Gasteiger partial charge in [-0.25, -0.2) is 0 Å². The molecule has 0 aliphatic carbocycles. The molecule has 0 bridgehead atoms. The third kappa shape index (κ3) is 6.80. The Hall–Kier alpha value is -0.610. The lowest BCUT2D eigenvalue weighted by atomic mass is 10.0. The van der Waals surface area contributed by atoms with Crippen LogP contribution in [0, 0.1) is 5.92 Å².